The minimum Gasteiger partial charge on any atom is -0.379 e. The molecule has 3 heterocycles. The van der Waals surface area contributed by atoms with Crippen molar-refractivity contribution in [1.82, 2.24) is 18.4 Å². The van der Waals surface area contributed by atoms with Crippen molar-refractivity contribution < 1.29 is 22.3 Å². The topological polar surface area (TPSA) is 133 Å². The molecule has 1 saturated heterocycles. The quantitative estimate of drug-likeness (QED) is 0.561. The number of rotatable bonds is 4. The van der Waals surface area contributed by atoms with Gasteiger partial charge in [0, 0.05) is 32.7 Å². The van der Waals surface area contributed by atoms with Crippen LogP contribution < -0.4 is 16.6 Å². The van der Waals surface area contributed by atoms with E-state index >= 15 is 0 Å². The SMILES string of the molecule is Cn1c(=O)c2cc(NC(=O)c3ccc(F)c(S(=O)(=O)N4CCOCC4)c3)cnc2n(C)c1=O. The zero-order valence-electron chi connectivity index (χ0n) is 17.7. The summed E-state index contributed by atoms with van der Waals surface area (Å²) in [4.78, 5) is 40.7. The zero-order valence-corrected chi connectivity index (χ0v) is 18.6. The van der Waals surface area contributed by atoms with Crippen LogP contribution in [-0.2, 0) is 28.9 Å². The average molecular weight is 477 g/mol. The number of fused-ring (bicyclic) bond motifs is 1. The molecule has 1 amide bonds. The van der Waals surface area contributed by atoms with Gasteiger partial charge in [-0.05, 0) is 24.3 Å². The molecular formula is C20H20FN5O6S. The normalized spacial score (nSPS) is 15.0. The fraction of sp³-hybridized carbons (Fsp3) is 0.300. The van der Waals surface area contributed by atoms with Crippen molar-refractivity contribution in [2.75, 3.05) is 31.6 Å². The number of hydrogen-bond donors (Lipinski definition) is 1. The summed E-state index contributed by atoms with van der Waals surface area (Å²) in [7, 11) is -1.37. The Morgan fingerprint density at radius 3 is 2.52 bits per heavy atom. The second-order valence-corrected chi connectivity index (χ2v) is 9.32. The van der Waals surface area contributed by atoms with Gasteiger partial charge >= 0.3 is 5.69 Å². The highest BCUT2D eigenvalue weighted by molar-refractivity contribution is 7.89. The van der Waals surface area contributed by atoms with Crippen molar-refractivity contribution in [2.24, 2.45) is 14.1 Å². The summed E-state index contributed by atoms with van der Waals surface area (Å²) >= 11 is 0. The highest BCUT2D eigenvalue weighted by Gasteiger charge is 2.29. The van der Waals surface area contributed by atoms with E-state index in [0.717, 1.165) is 27.1 Å². The predicted molar refractivity (Wildman–Crippen MR) is 116 cm³/mol. The number of pyridine rings is 1. The van der Waals surface area contributed by atoms with Crippen LogP contribution in [0.3, 0.4) is 0 Å². The molecule has 1 aromatic carbocycles. The third kappa shape index (κ3) is 4.05. The third-order valence-corrected chi connectivity index (χ3v) is 7.25. The molecule has 0 atom stereocenters. The van der Waals surface area contributed by atoms with Gasteiger partial charge in [0.25, 0.3) is 11.5 Å². The van der Waals surface area contributed by atoms with Crippen LogP contribution in [0.5, 0.6) is 0 Å². The summed E-state index contributed by atoms with van der Waals surface area (Å²) in [6.07, 6.45) is 1.26. The van der Waals surface area contributed by atoms with E-state index < -0.39 is 37.9 Å². The maximum Gasteiger partial charge on any atom is 0.332 e. The lowest BCUT2D eigenvalue weighted by molar-refractivity contribution is 0.0729. The van der Waals surface area contributed by atoms with Gasteiger partial charge in [-0.1, -0.05) is 0 Å². The number of benzene rings is 1. The maximum absolute atomic E-state index is 14.4. The Morgan fingerprint density at radius 1 is 1.12 bits per heavy atom. The number of sulfonamides is 1. The molecule has 1 aliphatic heterocycles. The molecule has 33 heavy (non-hydrogen) atoms. The van der Waals surface area contributed by atoms with E-state index in [1.54, 1.807) is 0 Å². The standard InChI is InChI=1S/C20H20FN5O6S/c1-24-17-14(19(28)25(2)20(24)29)10-13(11-22-17)23-18(27)12-3-4-15(21)16(9-12)33(30,31)26-5-7-32-8-6-26/h3-4,9-11H,5-8H2,1-2H3,(H,23,27). The molecule has 1 N–H and O–H groups in total. The van der Waals surface area contributed by atoms with E-state index in [9.17, 15) is 27.2 Å². The Morgan fingerprint density at radius 2 is 1.82 bits per heavy atom. The summed E-state index contributed by atoms with van der Waals surface area (Å²) in [6.45, 7) is 0.554. The van der Waals surface area contributed by atoms with Gasteiger partial charge in [0.15, 0.2) is 0 Å². The number of aromatic nitrogens is 3. The third-order valence-electron chi connectivity index (χ3n) is 5.33. The van der Waals surface area contributed by atoms with Gasteiger partial charge in [0.05, 0.1) is 30.5 Å². The number of aryl methyl sites for hydroxylation is 1. The van der Waals surface area contributed by atoms with E-state index in [1.165, 1.54) is 30.9 Å². The number of anilines is 1. The second kappa shape index (κ2) is 8.50. The average Bonchev–Trinajstić information content (AvgIpc) is 2.82. The first-order valence-corrected chi connectivity index (χ1v) is 11.3. The van der Waals surface area contributed by atoms with Crippen LogP contribution in [0.15, 0.2) is 44.9 Å². The van der Waals surface area contributed by atoms with Gasteiger partial charge in [-0.25, -0.2) is 22.6 Å². The molecule has 0 aliphatic carbocycles. The van der Waals surface area contributed by atoms with Crippen molar-refractivity contribution in [3.8, 4) is 0 Å². The lowest BCUT2D eigenvalue weighted by atomic mass is 10.2. The summed E-state index contributed by atoms with van der Waals surface area (Å²) in [5, 5.41) is 2.62. The Bertz CT molecular complexity index is 1490. The highest BCUT2D eigenvalue weighted by Crippen LogP contribution is 2.22. The largest absolute Gasteiger partial charge is 0.379 e. The molecule has 0 radical (unpaired) electrons. The Kier molecular flexibility index (Phi) is 5.86. The number of morpholine rings is 1. The number of nitrogens with zero attached hydrogens (tertiary/aromatic N) is 4. The summed E-state index contributed by atoms with van der Waals surface area (Å²) in [5.41, 5.74) is -0.946. The molecule has 4 rings (SSSR count). The van der Waals surface area contributed by atoms with Crippen LogP contribution in [0.2, 0.25) is 0 Å². The van der Waals surface area contributed by atoms with Gasteiger partial charge in [-0.15, -0.1) is 0 Å². The smallest absolute Gasteiger partial charge is 0.332 e. The van der Waals surface area contributed by atoms with Crippen LogP contribution >= 0.6 is 0 Å². The Labute approximate surface area is 187 Å². The van der Waals surface area contributed by atoms with E-state index in [-0.39, 0.29) is 48.6 Å². The number of carbonyl (C=O) groups is 1. The van der Waals surface area contributed by atoms with Crippen molar-refractivity contribution in [2.45, 2.75) is 4.90 Å². The number of halogens is 1. The summed E-state index contributed by atoms with van der Waals surface area (Å²) in [5.74, 6) is -1.70. The number of hydrogen-bond acceptors (Lipinski definition) is 7. The highest BCUT2D eigenvalue weighted by atomic mass is 32.2. The summed E-state index contributed by atoms with van der Waals surface area (Å²) in [6, 6.07) is 4.39. The van der Waals surface area contributed by atoms with Gasteiger partial charge in [0.2, 0.25) is 10.0 Å². The molecule has 174 valence electrons. The van der Waals surface area contributed by atoms with Crippen LogP contribution in [-0.4, -0.2) is 59.1 Å². The summed E-state index contributed by atoms with van der Waals surface area (Å²) < 4.78 is 48.4. The van der Waals surface area contributed by atoms with Crippen LogP contribution in [0, 0.1) is 5.82 Å². The van der Waals surface area contributed by atoms with Gasteiger partial charge < -0.3 is 10.1 Å². The number of amides is 1. The number of ether oxygens (including phenoxy) is 1. The van der Waals surface area contributed by atoms with Gasteiger partial charge in [0.1, 0.15) is 16.4 Å². The zero-order chi connectivity index (χ0) is 23.9. The molecule has 0 bridgehead atoms. The molecule has 0 spiro atoms. The minimum absolute atomic E-state index is 0.0818. The predicted octanol–water partition coefficient (Wildman–Crippen LogP) is 0.0445. The van der Waals surface area contributed by atoms with Crippen LogP contribution in [0.25, 0.3) is 11.0 Å². The molecule has 11 nitrogen and oxygen atoms in total. The minimum atomic E-state index is -4.16. The lowest BCUT2D eigenvalue weighted by Gasteiger charge is -2.26. The van der Waals surface area contributed by atoms with E-state index in [4.69, 9.17) is 4.74 Å². The Hall–Kier alpha value is -3.42. The molecule has 1 fully saturated rings. The van der Waals surface area contributed by atoms with Crippen LogP contribution in [0.1, 0.15) is 10.4 Å². The number of nitrogens with one attached hydrogen (secondary N) is 1. The molecule has 13 heteroatoms. The second-order valence-electron chi connectivity index (χ2n) is 7.42. The fourth-order valence-corrected chi connectivity index (χ4v) is 5.00. The van der Waals surface area contributed by atoms with E-state index in [1.807, 2.05) is 0 Å². The maximum atomic E-state index is 14.4. The first-order chi connectivity index (χ1) is 15.6. The fourth-order valence-electron chi connectivity index (χ4n) is 3.51. The van der Waals surface area contributed by atoms with Crippen molar-refractivity contribution >= 4 is 32.7 Å². The van der Waals surface area contributed by atoms with Crippen molar-refractivity contribution in [3.05, 3.63) is 62.7 Å². The molecular weight excluding hydrogens is 457 g/mol. The monoisotopic (exact) mass is 477 g/mol. The van der Waals surface area contributed by atoms with Crippen LogP contribution in [0.4, 0.5) is 10.1 Å². The number of carbonyl (C=O) groups excluding carboxylic acids is 1. The molecule has 3 aromatic rings. The molecule has 2 aromatic heterocycles. The molecule has 0 saturated carbocycles. The Balaban J connectivity index is 1.67. The van der Waals surface area contributed by atoms with Crippen molar-refractivity contribution in [3.63, 3.8) is 0 Å². The van der Waals surface area contributed by atoms with E-state index in [0.29, 0.717) is 0 Å². The lowest BCUT2D eigenvalue weighted by Crippen LogP contribution is -2.41. The van der Waals surface area contributed by atoms with Gasteiger partial charge in [-0.3, -0.25) is 18.7 Å². The first kappa shape index (κ1) is 22.8. The van der Waals surface area contributed by atoms with Crippen molar-refractivity contribution in [1.29, 1.82) is 0 Å². The first-order valence-electron chi connectivity index (χ1n) is 9.86. The van der Waals surface area contributed by atoms with Gasteiger partial charge in [-0.2, -0.15) is 4.31 Å². The molecule has 1 aliphatic rings. The van der Waals surface area contributed by atoms with E-state index in [2.05, 4.69) is 10.3 Å². The molecule has 0 unspecified atom stereocenters.